The Bertz CT molecular complexity index is 161. The molecule has 1 aliphatic heterocycles. The second-order valence-electron chi connectivity index (χ2n) is 1.66. The summed E-state index contributed by atoms with van der Waals surface area (Å²) in [5, 5.41) is 0. The normalized spacial score (nSPS) is 15.9. The van der Waals surface area contributed by atoms with E-state index in [1.54, 1.807) is 6.92 Å². The molecule has 1 heterocycles. The Morgan fingerprint density at radius 1 is 1.90 bits per heavy atom. The summed E-state index contributed by atoms with van der Waals surface area (Å²) < 4.78 is 4.61. The molecule has 0 N–H and O–H groups in total. The molecule has 0 bridgehead atoms. The summed E-state index contributed by atoms with van der Waals surface area (Å²) in [5.74, 6) is -0.332. The highest BCUT2D eigenvalue weighted by molar-refractivity contribution is 5.86. The molecule has 0 fully saturated rings. The van der Waals surface area contributed by atoms with Gasteiger partial charge in [0, 0.05) is 0 Å². The Labute approximate surface area is 58.3 Å². The molecule has 0 aromatic rings. The summed E-state index contributed by atoms with van der Waals surface area (Å²) in [6, 6.07) is 0. The van der Waals surface area contributed by atoms with Crippen molar-refractivity contribution in [3.8, 4) is 0 Å². The monoisotopic (exact) mass is 144 g/mol. The van der Waals surface area contributed by atoms with Crippen molar-refractivity contribution >= 4 is 5.97 Å². The predicted octanol–water partition coefficient (Wildman–Crippen LogP) is 0.395. The fourth-order valence-corrected chi connectivity index (χ4v) is 0.561. The van der Waals surface area contributed by atoms with Crippen molar-refractivity contribution in [3.63, 3.8) is 0 Å². The predicted molar refractivity (Wildman–Crippen MR) is 31.8 cm³/mol. The van der Waals surface area contributed by atoms with Crippen LogP contribution in [0.15, 0.2) is 11.8 Å². The van der Waals surface area contributed by atoms with Crippen molar-refractivity contribution in [1.82, 2.24) is 0 Å². The number of hydrogen-bond acceptors (Lipinski definition) is 4. The van der Waals surface area contributed by atoms with E-state index in [0.29, 0.717) is 13.2 Å². The van der Waals surface area contributed by atoms with Crippen molar-refractivity contribution in [2.75, 3.05) is 13.2 Å². The van der Waals surface area contributed by atoms with Gasteiger partial charge in [-0.25, -0.2) is 4.79 Å². The lowest BCUT2D eigenvalue weighted by Crippen LogP contribution is -2.07. The van der Waals surface area contributed by atoms with Gasteiger partial charge in [0.2, 0.25) is 5.76 Å². The maximum Gasteiger partial charge on any atom is 0.377 e. The molecule has 0 aromatic heterocycles. The van der Waals surface area contributed by atoms with Gasteiger partial charge >= 0.3 is 5.97 Å². The van der Waals surface area contributed by atoms with Crippen LogP contribution < -0.4 is 0 Å². The van der Waals surface area contributed by atoms with Crippen molar-refractivity contribution < 1.29 is 19.3 Å². The minimum absolute atomic E-state index is 0.141. The Morgan fingerprint density at radius 3 is 3.20 bits per heavy atom. The molecular formula is C6H8O4. The molecule has 0 unspecified atom stereocenters. The average molecular weight is 144 g/mol. The summed E-state index contributed by atoms with van der Waals surface area (Å²) in [6.45, 7) is 2.39. The van der Waals surface area contributed by atoms with Crippen LogP contribution in [0.2, 0.25) is 0 Å². The summed E-state index contributed by atoms with van der Waals surface area (Å²) in [6.07, 6.45) is 1.53. The van der Waals surface area contributed by atoms with Crippen LogP contribution in [-0.4, -0.2) is 19.2 Å². The van der Waals surface area contributed by atoms with E-state index >= 15 is 0 Å². The fraction of sp³-hybridized carbons (Fsp3) is 0.500. The molecule has 56 valence electrons. The van der Waals surface area contributed by atoms with Crippen molar-refractivity contribution in [1.29, 1.82) is 0 Å². The van der Waals surface area contributed by atoms with Gasteiger partial charge in [0.1, 0.15) is 6.61 Å². The summed E-state index contributed by atoms with van der Waals surface area (Å²) in [7, 11) is 0. The zero-order chi connectivity index (χ0) is 7.40. The molecule has 0 saturated carbocycles. The van der Waals surface area contributed by atoms with Gasteiger partial charge in [-0.1, -0.05) is 0 Å². The molecule has 0 aromatic carbocycles. The number of hydrogen-bond donors (Lipinski definition) is 0. The van der Waals surface area contributed by atoms with Crippen LogP contribution in [0.25, 0.3) is 0 Å². The highest BCUT2D eigenvalue weighted by Gasteiger charge is 2.17. The topological polar surface area (TPSA) is 44.8 Å². The first kappa shape index (κ1) is 7.08. The van der Waals surface area contributed by atoms with E-state index in [9.17, 15) is 4.79 Å². The van der Waals surface area contributed by atoms with E-state index in [0.717, 1.165) is 0 Å². The average Bonchev–Trinajstić information content (AvgIpc) is 2.38. The van der Waals surface area contributed by atoms with E-state index < -0.39 is 5.97 Å². The fourth-order valence-electron chi connectivity index (χ4n) is 0.561. The molecule has 4 nitrogen and oxygen atoms in total. The number of rotatable bonds is 2. The molecule has 0 radical (unpaired) electrons. The molecule has 0 saturated heterocycles. The van der Waals surface area contributed by atoms with Gasteiger partial charge in [0.25, 0.3) is 0 Å². The van der Waals surface area contributed by atoms with Crippen LogP contribution in [0.5, 0.6) is 0 Å². The minimum atomic E-state index is -0.472. The maximum absolute atomic E-state index is 10.7. The smallest absolute Gasteiger partial charge is 0.377 e. The van der Waals surface area contributed by atoms with Crippen LogP contribution in [0.1, 0.15) is 6.92 Å². The molecule has 1 aliphatic rings. The first-order valence-corrected chi connectivity index (χ1v) is 3.01. The standard InChI is InChI=1S/C6H8O4/c1-2-8-6(7)5-3-4-9-10-5/h3H,2,4H2,1H3. The molecule has 0 amide bonds. The lowest BCUT2D eigenvalue weighted by atomic mass is 10.5. The van der Waals surface area contributed by atoms with Gasteiger partial charge in [0.05, 0.1) is 6.61 Å². The Balaban J connectivity index is 2.40. The number of carbonyl (C=O) groups excluding carboxylic acids is 1. The summed E-state index contributed by atoms with van der Waals surface area (Å²) >= 11 is 0. The number of carbonyl (C=O) groups is 1. The lowest BCUT2D eigenvalue weighted by Gasteiger charge is -1.99. The summed E-state index contributed by atoms with van der Waals surface area (Å²) in [5.41, 5.74) is 0. The van der Waals surface area contributed by atoms with Gasteiger partial charge in [-0.05, 0) is 13.0 Å². The van der Waals surface area contributed by atoms with E-state index in [4.69, 9.17) is 0 Å². The SMILES string of the molecule is CCOC(=O)C1=CCOO1. The quantitative estimate of drug-likeness (QED) is 0.415. The Hall–Kier alpha value is -1.03. The van der Waals surface area contributed by atoms with Gasteiger partial charge in [0.15, 0.2) is 0 Å². The molecule has 0 atom stereocenters. The second-order valence-corrected chi connectivity index (χ2v) is 1.66. The minimum Gasteiger partial charge on any atom is -0.460 e. The Morgan fingerprint density at radius 2 is 2.70 bits per heavy atom. The van der Waals surface area contributed by atoms with E-state index in [-0.39, 0.29) is 5.76 Å². The van der Waals surface area contributed by atoms with Gasteiger partial charge in [-0.15, -0.1) is 0 Å². The molecular weight excluding hydrogens is 136 g/mol. The van der Waals surface area contributed by atoms with Crippen LogP contribution >= 0.6 is 0 Å². The van der Waals surface area contributed by atoms with Gasteiger partial charge in [-0.3, -0.25) is 0 Å². The van der Waals surface area contributed by atoms with Crippen molar-refractivity contribution in [2.24, 2.45) is 0 Å². The molecule has 1 rings (SSSR count). The lowest BCUT2D eigenvalue weighted by molar-refractivity contribution is -0.237. The second kappa shape index (κ2) is 3.22. The molecule has 0 spiro atoms. The number of ether oxygens (including phenoxy) is 1. The largest absolute Gasteiger partial charge is 0.460 e. The maximum atomic E-state index is 10.7. The third kappa shape index (κ3) is 1.48. The first-order valence-electron chi connectivity index (χ1n) is 3.01. The summed E-state index contributed by atoms with van der Waals surface area (Å²) in [4.78, 5) is 19.6. The van der Waals surface area contributed by atoms with E-state index in [1.165, 1.54) is 6.08 Å². The third-order valence-corrected chi connectivity index (χ3v) is 0.962. The first-order chi connectivity index (χ1) is 4.84. The zero-order valence-electron chi connectivity index (χ0n) is 5.62. The number of esters is 1. The third-order valence-electron chi connectivity index (χ3n) is 0.962. The van der Waals surface area contributed by atoms with E-state index in [1.807, 2.05) is 0 Å². The molecule has 4 heteroatoms. The van der Waals surface area contributed by atoms with E-state index in [2.05, 4.69) is 14.5 Å². The highest BCUT2D eigenvalue weighted by Crippen LogP contribution is 2.07. The zero-order valence-corrected chi connectivity index (χ0v) is 5.62. The molecule has 10 heavy (non-hydrogen) atoms. The van der Waals surface area contributed by atoms with Gasteiger partial charge in [-0.2, -0.15) is 4.89 Å². The van der Waals surface area contributed by atoms with Crippen molar-refractivity contribution in [2.45, 2.75) is 6.92 Å². The highest BCUT2D eigenvalue weighted by atomic mass is 17.2. The van der Waals surface area contributed by atoms with Crippen LogP contribution in [0.4, 0.5) is 0 Å². The van der Waals surface area contributed by atoms with Crippen LogP contribution in [-0.2, 0) is 19.3 Å². The van der Waals surface area contributed by atoms with Crippen LogP contribution in [0.3, 0.4) is 0 Å². The molecule has 0 aliphatic carbocycles. The Kier molecular flexibility index (Phi) is 2.28. The van der Waals surface area contributed by atoms with Crippen molar-refractivity contribution in [3.05, 3.63) is 11.8 Å². The van der Waals surface area contributed by atoms with Crippen LogP contribution in [0, 0.1) is 0 Å². The van der Waals surface area contributed by atoms with Gasteiger partial charge < -0.3 is 9.62 Å².